The highest BCUT2D eigenvalue weighted by Gasteiger charge is 2.24. The van der Waals surface area contributed by atoms with E-state index in [1.807, 2.05) is 6.92 Å². The lowest BCUT2D eigenvalue weighted by molar-refractivity contribution is 0.390. The molecule has 1 aromatic heterocycles. The third kappa shape index (κ3) is 1.04. The van der Waals surface area contributed by atoms with Crippen molar-refractivity contribution in [2.45, 2.75) is 19.4 Å². The molecule has 0 saturated carbocycles. The number of epoxide rings is 1. The standard InChI is InChI=1S/C7H9NO2/c1-5-6(3-8-10-5)2-7-4-9-7/h3,7H,2,4H2,1H3. The first-order valence-electron chi connectivity index (χ1n) is 3.38. The second kappa shape index (κ2) is 2.09. The first-order valence-corrected chi connectivity index (χ1v) is 3.38. The van der Waals surface area contributed by atoms with Crippen LogP contribution in [0.25, 0.3) is 0 Å². The molecule has 1 aliphatic heterocycles. The molecule has 1 saturated heterocycles. The molecule has 0 N–H and O–H groups in total. The monoisotopic (exact) mass is 139 g/mol. The summed E-state index contributed by atoms with van der Waals surface area (Å²) in [4.78, 5) is 0. The number of ether oxygens (including phenoxy) is 1. The summed E-state index contributed by atoms with van der Waals surface area (Å²) in [5.41, 5.74) is 1.17. The highest BCUT2D eigenvalue weighted by molar-refractivity contribution is 5.13. The zero-order chi connectivity index (χ0) is 6.97. The molecular weight excluding hydrogens is 130 g/mol. The Balaban J connectivity index is 2.08. The van der Waals surface area contributed by atoms with Crippen LogP contribution in [0.15, 0.2) is 10.7 Å². The van der Waals surface area contributed by atoms with Crippen LogP contribution in [0.4, 0.5) is 0 Å². The van der Waals surface area contributed by atoms with E-state index in [1.54, 1.807) is 6.20 Å². The van der Waals surface area contributed by atoms with Crippen molar-refractivity contribution in [1.29, 1.82) is 0 Å². The molecule has 0 aromatic carbocycles. The summed E-state index contributed by atoms with van der Waals surface area (Å²) in [6.07, 6.45) is 3.14. The molecule has 0 radical (unpaired) electrons. The fourth-order valence-corrected chi connectivity index (χ4v) is 0.946. The summed E-state index contributed by atoms with van der Waals surface area (Å²) >= 11 is 0. The van der Waals surface area contributed by atoms with E-state index in [0.29, 0.717) is 6.10 Å². The molecule has 1 unspecified atom stereocenters. The Bertz CT molecular complexity index is 227. The first kappa shape index (κ1) is 5.92. The van der Waals surface area contributed by atoms with Gasteiger partial charge in [-0.2, -0.15) is 0 Å². The van der Waals surface area contributed by atoms with Crippen molar-refractivity contribution >= 4 is 0 Å². The maximum atomic E-state index is 5.07. The highest BCUT2D eigenvalue weighted by atomic mass is 16.6. The minimum Gasteiger partial charge on any atom is -0.373 e. The smallest absolute Gasteiger partial charge is 0.136 e. The Hall–Kier alpha value is -0.830. The van der Waals surface area contributed by atoms with Crippen LogP contribution >= 0.6 is 0 Å². The van der Waals surface area contributed by atoms with Crippen LogP contribution in [-0.2, 0) is 11.2 Å². The number of hydrogen-bond acceptors (Lipinski definition) is 3. The molecule has 0 spiro atoms. The van der Waals surface area contributed by atoms with Crippen LogP contribution in [0.1, 0.15) is 11.3 Å². The Labute approximate surface area is 59.0 Å². The van der Waals surface area contributed by atoms with Gasteiger partial charge in [-0.15, -0.1) is 0 Å². The molecule has 2 heterocycles. The lowest BCUT2D eigenvalue weighted by atomic mass is 10.2. The van der Waals surface area contributed by atoms with Crippen molar-refractivity contribution in [3.8, 4) is 0 Å². The minimum atomic E-state index is 0.429. The predicted octanol–water partition coefficient (Wildman–Crippen LogP) is 0.924. The van der Waals surface area contributed by atoms with Crippen molar-refractivity contribution < 1.29 is 9.26 Å². The van der Waals surface area contributed by atoms with Gasteiger partial charge in [-0.3, -0.25) is 0 Å². The Morgan fingerprint density at radius 2 is 2.60 bits per heavy atom. The average molecular weight is 139 g/mol. The van der Waals surface area contributed by atoms with Gasteiger partial charge in [0.05, 0.1) is 18.9 Å². The third-order valence-electron chi connectivity index (χ3n) is 1.70. The van der Waals surface area contributed by atoms with Crippen molar-refractivity contribution in [1.82, 2.24) is 5.16 Å². The highest BCUT2D eigenvalue weighted by Crippen LogP contribution is 2.17. The van der Waals surface area contributed by atoms with Gasteiger partial charge < -0.3 is 9.26 Å². The summed E-state index contributed by atoms with van der Waals surface area (Å²) in [6, 6.07) is 0. The van der Waals surface area contributed by atoms with Gasteiger partial charge >= 0.3 is 0 Å². The Kier molecular flexibility index (Phi) is 1.24. The van der Waals surface area contributed by atoms with Gasteiger partial charge in [-0.1, -0.05) is 5.16 Å². The van der Waals surface area contributed by atoms with Gasteiger partial charge in [-0.25, -0.2) is 0 Å². The summed E-state index contributed by atoms with van der Waals surface area (Å²) in [5, 5.41) is 3.67. The van der Waals surface area contributed by atoms with E-state index in [2.05, 4.69) is 5.16 Å². The molecule has 0 aliphatic carbocycles. The molecule has 3 heteroatoms. The summed E-state index contributed by atoms with van der Waals surface area (Å²) < 4.78 is 9.95. The molecule has 1 atom stereocenters. The van der Waals surface area contributed by atoms with Crippen LogP contribution in [0.2, 0.25) is 0 Å². The molecule has 54 valence electrons. The topological polar surface area (TPSA) is 38.6 Å². The van der Waals surface area contributed by atoms with Crippen LogP contribution < -0.4 is 0 Å². The van der Waals surface area contributed by atoms with Gasteiger partial charge in [0.1, 0.15) is 5.76 Å². The molecule has 0 bridgehead atoms. The molecular formula is C7H9NO2. The minimum absolute atomic E-state index is 0.429. The van der Waals surface area contributed by atoms with Crippen LogP contribution in [0.3, 0.4) is 0 Å². The summed E-state index contributed by atoms with van der Waals surface area (Å²) in [7, 11) is 0. The molecule has 1 aliphatic rings. The molecule has 1 aromatic rings. The molecule has 2 rings (SSSR count). The van der Waals surface area contributed by atoms with E-state index in [0.717, 1.165) is 18.8 Å². The largest absolute Gasteiger partial charge is 0.373 e. The van der Waals surface area contributed by atoms with E-state index >= 15 is 0 Å². The zero-order valence-corrected chi connectivity index (χ0v) is 5.83. The normalized spacial score (nSPS) is 23.1. The average Bonchev–Trinajstić information content (AvgIpc) is 2.62. The number of nitrogens with zero attached hydrogens (tertiary/aromatic N) is 1. The fourth-order valence-electron chi connectivity index (χ4n) is 0.946. The second-order valence-corrected chi connectivity index (χ2v) is 2.57. The molecule has 1 fully saturated rings. The van der Waals surface area contributed by atoms with Crippen LogP contribution in [0, 0.1) is 6.92 Å². The Morgan fingerprint density at radius 1 is 1.80 bits per heavy atom. The van der Waals surface area contributed by atoms with E-state index in [4.69, 9.17) is 9.26 Å². The Morgan fingerprint density at radius 3 is 3.10 bits per heavy atom. The van der Waals surface area contributed by atoms with E-state index in [-0.39, 0.29) is 0 Å². The van der Waals surface area contributed by atoms with E-state index < -0.39 is 0 Å². The fraction of sp³-hybridized carbons (Fsp3) is 0.571. The van der Waals surface area contributed by atoms with Crippen molar-refractivity contribution in [3.05, 3.63) is 17.5 Å². The molecule has 0 amide bonds. The number of rotatable bonds is 2. The van der Waals surface area contributed by atoms with Crippen molar-refractivity contribution in [2.24, 2.45) is 0 Å². The quantitative estimate of drug-likeness (QED) is 0.572. The number of aromatic nitrogens is 1. The van der Waals surface area contributed by atoms with Crippen molar-refractivity contribution in [2.75, 3.05) is 6.61 Å². The van der Waals surface area contributed by atoms with Crippen molar-refractivity contribution in [3.63, 3.8) is 0 Å². The zero-order valence-electron chi connectivity index (χ0n) is 5.83. The first-order chi connectivity index (χ1) is 4.86. The lowest BCUT2D eigenvalue weighted by Gasteiger charge is -1.89. The SMILES string of the molecule is Cc1oncc1CC1CO1. The van der Waals surface area contributed by atoms with E-state index in [1.165, 1.54) is 5.56 Å². The maximum absolute atomic E-state index is 5.07. The van der Waals surface area contributed by atoms with Crippen LogP contribution in [0.5, 0.6) is 0 Å². The van der Waals surface area contributed by atoms with Gasteiger partial charge in [0.15, 0.2) is 0 Å². The predicted molar refractivity (Wildman–Crippen MR) is 34.7 cm³/mol. The second-order valence-electron chi connectivity index (χ2n) is 2.57. The van der Waals surface area contributed by atoms with Crippen LogP contribution in [-0.4, -0.2) is 17.9 Å². The number of aryl methyl sites for hydroxylation is 1. The number of hydrogen-bond donors (Lipinski definition) is 0. The van der Waals surface area contributed by atoms with E-state index in [9.17, 15) is 0 Å². The molecule has 3 nitrogen and oxygen atoms in total. The van der Waals surface area contributed by atoms with Gasteiger partial charge in [0.2, 0.25) is 0 Å². The summed E-state index contributed by atoms with van der Waals surface area (Å²) in [6.45, 7) is 2.81. The van der Waals surface area contributed by atoms with Gasteiger partial charge in [0, 0.05) is 12.0 Å². The molecule has 10 heavy (non-hydrogen) atoms. The lowest BCUT2D eigenvalue weighted by Crippen LogP contribution is -1.91. The van der Waals surface area contributed by atoms with Gasteiger partial charge in [0.25, 0.3) is 0 Å². The summed E-state index contributed by atoms with van der Waals surface area (Å²) in [5.74, 6) is 0.913. The van der Waals surface area contributed by atoms with Gasteiger partial charge in [-0.05, 0) is 6.92 Å². The maximum Gasteiger partial charge on any atom is 0.136 e. The third-order valence-corrected chi connectivity index (χ3v) is 1.70.